The number of anilines is 1. The molecule has 1 N–H and O–H groups in total. The highest BCUT2D eigenvalue weighted by molar-refractivity contribution is 6.34. The number of nitrogens with one attached hydrogen (secondary N) is 1. The van der Waals surface area contributed by atoms with Crippen molar-refractivity contribution in [1.29, 1.82) is 5.26 Å². The van der Waals surface area contributed by atoms with Crippen LogP contribution < -0.4 is 4.90 Å². The van der Waals surface area contributed by atoms with E-state index in [1.54, 1.807) is 12.1 Å². The Hall–Kier alpha value is -4.76. The summed E-state index contributed by atoms with van der Waals surface area (Å²) in [6.07, 6.45) is 4.66. The van der Waals surface area contributed by atoms with E-state index >= 15 is 0 Å². The number of oxazole rings is 1. The molecule has 3 aromatic heterocycles. The maximum Gasteiger partial charge on any atom is 0.227 e. The Labute approximate surface area is 231 Å². The van der Waals surface area contributed by atoms with Crippen molar-refractivity contribution in [2.45, 2.75) is 39.5 Å². The third-order valence-corrected chi connectivity index (χ3v) is 7.89. The Kier molecular flexibility index (Phi) is 5.93. The van der Waals surface area contributed by atoms with Crippen LogP contribution >= 0.6 is 0 Å². The molecule has 0 atom stereocenters. The molecule has 40 heavy (non-hydrogen) atoms. The van der Waals surface area contributed by atoms with Gasteiger partial charge in [0.25, 0.3) is 0 Å². The van der Waals surface area contributed by atoms with Crippen LogP contribution in [0.4, 0.5) is 5.69 Å². The van der Waals surface area contributed by atoms with Gasteiger partial charge in [-0.3, -0.25) is 0 Å². The Balaban J connectivity index is 1.51. The summed E-state index contributed by atoms with van der Waals surface area (Å²) in [5, 5.41) is 13.6. The van der Waals surface area contributed by atoms with Crippen molar-refractivity contribution >= 4 is 60.5 Å². The van der Waals surface area contributed by atoms with Gasteiger partial charge in [-0.25, -0.2) is 4.98 Å². The fourth-order valence-corrected chi connectivity index (χ4v) is 5.79. The lowest BCUT2D eigenvalue weighted by atomic mass is 10.0. The van der Waals surface area contributed by atoms with Gasteiger partial charge in [-0.2, -0.15) is 5.26 Å². The molecule has 6 nitrogen and oxygen atoms in total. The fraction of sp³-hybridized carbons (Fsp3) is 0.235. The van der Waals surface area contributed by atoms with E-state index in [1.807, 2.05) is 18.2 Å². The number of aromatic amines is 1. The van der Waals surface area contributed by atoms with E-state index in [-0.39, 0.29) is 0 Å². The summed E-state index contributed by atoms with van der Waals surface area (Å²) in [6.45, 7) is 6.55. The van der Waals surface area contributed by atoms with Crippen molar-refractivity contribution in [3.63, 3.8) is 0 Å². The summed E-state index contributed by atoms with van der Waals surface area (Å²) in [7, 11) is 0. The second-order valence-electron chi connectivity index (χ2n) is 10.5. The van der Waals surface area contributed by atoms with Crippen LogP contribution in [0.1, 0.15) is 45.1 Å². The number of H-pyrrole nitrogens is 1. The number of aromatic nitrogens is 2. The number of fused-ring (bicyclic) bond motifs is 10. The number of rotatable bonds is 8. The maximum absolute atomic E-state index is 9.22. The monoisotopic (exact) mass is 526 g/mol. The number of hydrogen-bond donors (Lipinski definition) is 1. The molecule has 3 heterocycles. The van der Waals surface area contributed by atoms with Gasteiger partial charge in [0.05, 0.1) is 17.1 Å². The first kappa shape index (κ1) is 24.3. The number of furan rings is 1. The van der Waals surface area contributed by atoms with Gasteiger partial charge in [0, 0.05) is 57.5 Å². The van der Waals surface area contributed by atoms with Crippen LogP contribution in [-0.2, 0) is 0 Å². The molecule has 7 aromatic rings. The first-order chi connectivity index (χ1) is 19.7. The van der Waals surface area contributed by atoms with E-state index < -0.39 is 0 Å². The predicted molar refractivity (Wildman–Crippen MR) is 163 cm³/mol. The van der Waals surface area contributed by atoms with Crippen LogP contribution in [0.3, 0.4) is 0 Å². The molecule has 0 aliphatic rings. The second-order valence-corrected chi connectivity index (χ2v) is 10.5. The lowest BCUT2D eigenvalue weighted by Gasteiger charge is -2.24. The molecule has 0 spiro atoms. The highest BCUT2D eigenvalue weighted by Crippen LogP contribution is 2.45. The molecule has 0 aliphatic heterocycles. The predicted octanol–water partition coefficient (Wildman–Crippen LogP) is 9.31. The van der Waals surface area contributed by atoms with Crippen LogP contribution in [-0.4, -0.2) is 23.1 Å². The molecule has 0 saturated heterocycles. The number of para-hydroxylation sites is 1. The number of hydrogen-bond acceptors (Lipinski definition) is 5. The number of unbranched alkanes of at least 4 members (excludes halogenated alkanes) is 2. The van der Waals surface area contributed by atoms with Crippen molar-refractivity contribution in [2.24, 2.45) is 0 Å². The van der Waals surface area contributed by atoms with E-state index in [9.17, 15) is 5.26 Å². The molecule has 0 fully saturated rings. The maximum atomic E-state index is 9.22. The van der Waals surface area contributed by atoms with Crippen LogP contribution in [0.5, 0.6) is 0 Å². The summed E-state index contributed by atoms with van der Waals surface area (Å²) in [4.78, 5) is 11.0. The van der Waals surface area contributed by atoms with E-state index in [0.29, 0.717) is 22.6 Å². The van der Waals surface area contributed by atoms with E-state index in [2.05, 4.69) is 66.2 Å². The Morgan fingerprint density at radius 1 is 0.850 bits per heavy atom. The topological polar surface area (TPSA) is 82.0 Å². The quantitative estimate of drug-likeness (QED) is 0.213. The smallest absolute Gasteiger partial charge is 0.227 e. The molecule has 0 unspecified atom stereocenters. The third-order valence-electron chi connectivity index (χ3n) is 7.89. The zero-order valence-corrected chi connectivity index (χ0v) is 22.8. The van der Waals surface area contributed by atoms with E-state index in [0.717, 1.165) is 75.2 Å². The average Bonchev–Trinajstić information content (AvgIpc) is 3.70. The number of benzene rings is 4. The molecule has 4 aromatic carbocycles. The van der Waals surface area contributed by atoms with Gasteiger partial charge in [0.15, 0.2) is 16.7 Å². The average molecular weight is 527 g/mol. The molecule has 0 bridgehead atoms. The molecule has 0 aliphatic carbocycles. The summed E-state index contributed by atoms with van der Waals surface area (Å²) in [5.74, 6) is 0.499. The normalized spacial score (nSPS) is 11.8. The molecule has 0 amide bonds. The van der Waals surface area contributed by atoms with Crippen molar-refractivity contribution in [2.75, 3.05) is 18.0 Å². The van der Waals surface area contributed by atoms with Gasteiger partial charge in [0.1, 0.15) is 5.58 Å². The standard InChI is InChI=1S/C34H30N4O2/c1-3-5-17-38(18-6-4-2)23-15-16-25-27(19-23)39-32-29(25)28-24-9-7-8-10-26(24)36-30(28)33-31(32)37-34(40-33)22-13-11-21(20-35)12-14-22/h7-16,19,36H,3-6,17-18H2,1-2H3. The second kappa shape index (κ2) is 9.77. The van der Waals surface area contributed by atoms with Gasteiger partial charge in [-0.15, -0.1) is 0 Å². The summed E-state index contributed by atoms with van der Waals surface area (Å²) in [5.41, 5.74) is 7.51. The third kappa shape index (κ3) is 3.81. The molecule has 7 rings (SSSR count). The zero-order valence-electron chi connectivity index (χ0n) is 22.8. The van der Waals surface area contributed by atoms with Gasteiger partial charge < -0.3 is 18.7 Å². The lowest BCUT2D eigenvalue weighted by Crippen LogP contribution is -2.25. The van der Waals surface area contributed by atoms with Crippen LogP contribution in [0.25, 0.3) is 66.3 Å². The van der Waals surface area contributed by atoms with Crippen LogP contribution in [0.15, 0.2) is 75.6 Å². The van der Waals surface area contributed by atoms with E-state index in [4.69, 9.17) is 13.8 Å². The highest BCUT2D eigenvalue weighted by Gasteiger charge is 2.24. The van der Waals surface area contributed by atoms with Gasteiger partial charge >= 0.3 is 0 Å². The fourth-order valence-electron chi connectivity index (χ4n) is 5.79. The Morgan fingerprint density at radius 2 is 1.62 bits per heavy atom. The first-order valence-corrected chi connectivity index (χ1v) is 14.1. The largest absolute Gasteiger partial charge is 0.454 e. The minimum atomic E-state index is 0.499. The van der Waals surface area contributed by atoms with Gasteiger partial charge in [0.2, 0.25) is 5.89 Å². The van der Waals surface area contributed by atoms with Crippen LogP contribution in [0, 0.1) is 11.3 Å². The first-order valence-electron chi connectivity index (χ1n) is 14.1. The summed E-state index contributed by atoms with van der Waals surface area (Å²) in [6, 6.07) is 24.4. The molecule has 6 heteroatoms. The number of nitriles is 1. The molecule has 0 saturated carbocycles. The SMILES string of the molecule is CCCCN(CCCC)c1ccc2c(c1)oc1c3nc(-c4ccc(C#N)cc4)oc3c3[nH]c4ccccc4c3c21. The Morgan fingerprint density at radius 3 is 2.38 bits per heavy atom. The van der Waals surface area contributed by atoms with Gasteiger partial charge in [-0.05, 0) is 55.3 Å². The number of nitrogens with zero attached hydrogens (tertiary/aromatic N) is 3. The highest BCUT2D eigenvalue weighted by atomic mass is 16.4. The molecule has 0 radical (unpaired) electrons. The van der Waals surface area contributed by atoms with Crippen molar-refractivity contribution < 1.29 is 8.83 Å². The van der Waals surface area contributed by atoms with Crippen molar-refractivity contribution in [1.82, 2.24) is 9.97 Å². The molecular formula is C34H30N4O2. The minimum absolute atomic E-state index is 0.499. The minimum Gasteiger partial charge on any atom is -0.454 e. The van der Waals surface area contributed by atoms with Gasteiger partial charge in [-0.1, -0.05) is 44.9 Å². The molecular weight excluding hydrogens is 496 g/mol. The van der Waals surface area contributed by atoms with Crippen molar-refractivity contribution in [3.05, 3.63) is 72.3 Å². The summed E-state index contributed by atoms with van der Waals surface area (Å²) < 4.78 is 13.1. The molecule has 198 valence electrons. The Bertz CT molecular complexity index is 2050. The summed E-state index contributed by atoms with van der Waals surface area (Å²) >= 11 is 0. The lowest BCUT2D eigenvalue weighted by molar-refractivity contribution is 0.622. The van der Waals surface area contributed by atoms with Crippen LogP contribution in [0.2, 0.25) is 0 Å². The van der Waals surface area contributed by atoms with Crippen molar-refractivity contribution in [3.8, 4) is 17.5 Å². The zero-order chi connectivity index (χ0) is 27.2. The van der Waals surface area contributed by atoms with E-state index in [1.165, 1.54) is 18.5 Å².